The van der Waals surface area contributed by atoms with Crippen LogP contribution in [-0.4, -0.2) is 68.4 Å². The Morgan fingerprint density at radius 2 is 1.89 bits per heavy atom. The van der Waals surface area contributed by atoms with Crippen LogP contribution in [0, 0.1) is 0 Å². The van der Waals surface area contributed by atoms with Gasteiger partial charge in [0.2, 0.25) is 0 Å². The van der Waals surface area contributed by atoms with Crippen LogP contribution in [0.4, 0.5) is 4.79 Å². The maximum absolute atomic E-state index is 13.9. The van der Waals surface area contributed by atoms with E-state index in [0.717, 1.165) is 53.7 Å². The summed E-state index contributed by atoms with van der Waals surface area (Å²) in [5.41, 5.74) is 2.50. The van der Waals surface area contributed by atoms with Crippen LogP contribution >= 0.6 is 11.6 Å². The molecule has 8 heteroatoms. The van der Waals surface area contributed by atoms with Gasteiger partial charge in [0.05, 0.1) is 0 Å². The molecule has 35 heavy (non-hydrogen) atoms. The van der Waals surface area contributed by atoms with Crippen LogP contribution in [0.2, 0.25) is 5.02 Å². The van der Waals surface area contributed by atoms with E-state index in [-0.39, 0.29) is 17.7 Å². The molecule has 3 aliphatic heterocycles. The lowest BCUT2D eigenvalue weighted by Gasteiger charge is -2.42. The minimum absolute atomic E-state index is 0.121. The molecule has 0 spiro atoms. The van der Waals surface area contributed by atoms with Gasteiger partial charge in [0.15, 0.2) is 0 Å². The van der Waals surface area contributed by atoms with Gasteiger partial charge in [0.1, 0.15) is 17.3 Å². The molecule has 182 valence electrons. The molecule has 0 radical (unpaired) electrons. The number of halogens is 1. The molecule has 2 fully saturated rings. The Kier molecular flexibility index (Phi) is 5.31. The van der Waals surface area contributed by atoms with Gasteiger partial charge in [0.25, 0.3) is 5.91 Å². The zero-order valence-electron chi connectivity index (χ0n) is 19.8. The van der Waals surface area contributed by atoms with E-state index in [4.69, 9.17) is 11.6 Å². The lowest BCUT2D eigenvalue weighted by atomic mass is 9.81. The van der Waals surface area contributed by atoms with Crippen LogP contribution in [0.15, 0.2) is 42.5 Å². The Labute approximate surface area is 209 Å². The van der Waals surface area contributed by atoms with E-state index in [2.05, 4.69) is 9.88 Å². The van der Waals surface area contributed by atoms with E-state index in [0.29, 0.717) is 24.5 Å². The van der Waals surface area contributed by atoms with Crippen molar-refractivity contribution in [1.82, 2.24) is 19.7 Å². The number of benzene rings is 2. The van der Waals surface area contributed by atoms with Gasteiger partial charge in [-0.15, -0.1) is 0 Å². The first-order chi connectivity index (χ1) is 16.9. The maximum Gasteiger partial charge on any atom is 0.328 e. The standard InChI is InChI=1S/C27H29ClN4O3/c1-27-16-21-20-15-18(28)8-9-22(20)29-23(21)24(17-6-5-7-19(33)14-17)32(27)26(35)31(25(27)34)13-12-30-10-3-2-4-11-30/h5-9,14-15,24,29,33H,2-4,10-13,16H2,1H3. The van der Waals surface area contributed by atoms with Gasteiger partial charge in [-0.2, -0.15) is 0 Å². The lowest BCUT2D eigenvalue weighted by Crippen LogP contribution is -2.53. The van der Waals surface area contributed by atoms with Crippen molar-refractivity contribution in [2.75, 3.05) is 26.2 Å². The zero-order valence-corrected chi connectivity index (χ0v) is 20.5. The number of aromatic amines is 1. The molecule has 6 rings (SSSR count). The second-order valence-electron chi connectivity index (χ2n) is 10.2. The van der Waals surface area contributed by atoms with E-state index in [1.54, 1.807) is 23.1 Å². The third kappa shape index (κ3) is 3.52. The number of fused-ring (bicyclic) bond motifs is 4. The number of carbonyl (C=O) groups excluding carboxylic acids is 2. The van der Waals surface area contributed by atoms with Crippen molar-refractivity contribution in [3.8, 4) is 5.75 Å². The Hall–Kier alpha value is -3.03. The SMILES string of the molecule is CC12Cc3c([nH]c4ccc(Cl)cc34)C(c3cccc(O)c3)N1C(=O)N(CCN1CCCCC1)C2=O. The topological polar surface area (TPSA) is 79.9 Å². The van der Waals surface area contributed by atoms with Crippen molar-refractivity contribution < 1.29 is 14.7 Å². The molecule has 0 bridgehead atoms. The molecular weight excluding hydrogens is 464 g/mol. The first-order valence-electron chi connectivity index (χ1n) is 12.3. The minimum atomic E-state index is -1.03. The highest BCUT2D eigenvalue weighted by Crippen LogP contribution is 2.49. The van der Waals surface area contributed by atoms with Crippen LogP contribution in [-0.2, 0) is 11.2 Å². The van der Waals surface area contributed by atoms with Gasteiger partial charge in [-0.05, 0) is 74.3 Å². The highest BCUT2D eigenvalue weighted by Gasteiger charge is 2.60. The molecule has 4 heterocycles. The van der Waals surface area contributed by atoms with Crippen molar-refractivity contribution in [3.63, 3.8) is 0 Å². The Morgan fingerprint density at radius 3 is 2.66 bits per heavy atom. The van der Waals surface area contributed by atoms with Gasteiger partial charge >= 0.3 is 6.03 Å². The Bertz CT molecular complexity index is 1330. The molecule has 2 aromatic carbocycles. The number of piperidine rings is 1. The highest BCUT2D eigenvalue weighted by molar-refractivity contribution is 6.31. The quantitative estimate of drug-likeness (QED) is 0.518. The van der Waals surface area contributed by atoms with Gasteiger partial charge < -0.3 is 15.0 Å². The number of carbonyl (C=O) groups is 2. The van der Waals surface area contributed by atoms with Gasteiger partial charge in [0, 0.05) is 41.1 Å². The third-order valence-corrected chi connectivity index (χ3v) is 8.14. The molecule has 2 unspecified atom stereocenters. The van der Waals surface area contributed by atoms with E-state index in [1.807, 2.05) is 31.2 Å². The average molecular weight is 493 g/mol. The number of urea groups is 1. The first kappa shape index (κ1) is 22.4. The van der Waals surface area contributed by atoms with Crippen LogP contribution in [0.3, 0.4) is 0 Å². The fourth-order valence-electron chi connectivity index (χ4n) is 6.15. The number of hydrogen-bond donors (Lipinski definition) is 2. The summed E-state index contributed by atoms with van der Waals surface area (Å²) in [4.78, 5) is 36.8. The number of aromatic hydroxyl groups is 1. The number of aromatic nitrogens is 1. The minimum Gasteiger partial charge on any atom is -0.508 e. The fourth-order valence-corrected chi connectivity index (χ4v) is 6.32. The number of H-pyrrole nitrogens is 1. The number of imide groups is 1. The molecule has 0 aliphatic carbocycles. The van der Waals surface area contributed by atoms with Gasteiger partial charge in [-0.3, -0.25) is 14.6 Å². The molecule has 3 amide bonds. The summed E-state index contributed by atoms with van der Waals surface area (Å²) in [5, 5.41) is 11.8. The van der Waals surface area contributed by atoms with Crippen LogP contribution in [0.1, 0.15) is 49.0 Å². The van der Waals surface area contributed by atoms with Gasteiger partial charge in [-0.1, -0.05) is 30.2 Å². The summed E-state index contributed by atoms with van der Waals surface area (Å²) in [6.07, 6.45) is 3.97. The molecule has 3 aromatic rings. The summed E-state index contributed by atoms with van der Waals surface area (Å²) in [6, 6.07) is 11.8. The summed E-state index contributed by atoms with van der Waals surface area (Å²) in [5.74, 6) is -0.0397. The first-order valence-corrected chi connectivity index (χ1v) is 12.7. The number of phenolic OH excluding ortho intramolecular Hbond substituents is 1. The van der Waals surface area contributed by atoms with Crippen LogP contribution in [0.25, 0.3) is 10.9 Å². The molecule has 1 aromatic heterocycles. The molecule has 7 nitrogen and oxygen atoms in total. The van der Waals surface area contributed by atoms with Crippen LogP contribution in [0.5, 0.6) is 5.75 Å². The second-order valence-corrected chi connectivity index (χ2v) is 10.6. The van der Waals surface area contributed by atoms with Crippen molar-refractivity contribution in [2.45, 2.75) is 44.2 Å². The van der Waals surface area contributed by atoms with Crippen molar-refractivity contribution >= 4 is 34.4 Å². The van der Waals surface area contributed by atoms with Gasteiger partial charge in [-0.25, -0.2) is 4.79 Å². The highest BCUT2D eigenvalue weighted by atomic mass is 35.5. The molecular formula is C27H29ClN4O3. The number of amides is 3. The average Bonchev–Trinajstić information content (AvgIpc) is 3.28. The maximum atomic E-state index is 13.9. The van der Waals surface area contributed by atoms with E-state index >= 15 is 0 Å². The Balaban J connectivity index is 1.45. The van der Waals surface area contributed by atoms with Crippen LogP contribution < -0.4 is 0 Å². The molecule has 2 N–H and O–H groups in total. The number of likely N-dealkylation sites (tertiary alicyclic amines) is 1. The normalized spacial score (nSPS) is 24.8. The summed E-state index contributed by atoms with van der Waals surface area (Å²) in [6.45, 7) is 4.98. The molecule has 2 saturated heterocycles. The lowest BCUT2D eigenvalue weighted by molar-refractivity contribution is -0.133. The molecule has 3 aliphatic rings. The fraction of sp³-hybridized carbons (Fsp3) is 0.407. The van der Waals surface area contributed by atoms with E-state index < -0.39 is 11.6 Å². The molecule has 2 atom stereocenters. The number of hydrogen-bond acceptors (Lipinski definition) is 4. The second kappa shape index (κ2) is 8.28. The third-order valence-electron chi connectivity index (χ3n) is 7.90. The smallest absolute Gasteiger partial charge is 0.328 e. The molecule has 0 saturated carbocycles. The predicted molar refractivity (Wildman–Crippen MR) is 135 cm³/mol. The van der Waals surface area contributed by atoms with E-state index in [9.17, 15) is 14.7 Å². The summed E-state index contributed by atoms with van der Waals surface area (Å²) >= 11 is 6.34. The van der Waals surface area contributed by atoms with Crippen molar-refractivity contribution in [3.05, 3.63) is 64.3 Å². The monoisotopic (exact) mass is 492 g/mol. The predicted octanol–water partition coefficient (Wildman–Crippen LogP) is 4.68. The number of nitrogens with one attached hydrogen (secondary N) is 1. The van der Waals surface area contributed by atoms with Crippen molar-refractivity contribution in [2.24, 2.45) is 0 Å². The Morgan fingerprint density at radius 1 is 1.09 bits per heavy atom. The largest absolute Gasteiger partial charge is 0.508 e. The van der Waals surface area contributed by atoms with E-state index in [1.165, 1.54) is 11.3 Å². The van der Waals surface area contributed by atoms with Crippen molar-refractivity contribution in [1.29, 1.82) is 0 Å². The number of rotatable bonds is 4. The number of nitrogens with zero attached hydrogens (tertiary/aromatic N) is 3. The zero-order chi connectivity index (χ0) is 24.3. The number of phenols is 1. The summed E-state index contributed by atoms with van der Waals surface area (Å²) in [7, 11) is 0. The summed E-state index contributed by atoms with van der Waals surface area (Å²) < 4.78 is 0.